The van der Waals surface area contributed by atoms with Crippen LogP contribution in [0.2, 0.25) is 0 Å². The lowest BCUT2D eigenvalue weighted by Gasteiger charge is -1.99. The Bertz CT molecular complexity index is 773. The molecule has 0 spiro atoms. The third kappa shape index (κ3) is 2.42. The lowest BCUT2D eigenvalue weighted by molar-refractivity contribution is 0.432. The van der Waals surface area contributed by atoms with Gasteiger partial charge < -0.3 is 10.3 Å². The second-order valence-electron chi connectivity index (χ2n) is 4.17. The molecule has 0 fully saturated rings. The number of nitrogens with zero attached hydrogens (tertiary/aromatic N) is 2. The highest BCUT2D eigenvalue weighted by atomic mass is 79.9. The molecule has 0 aliphatic heterocycles. The number of halogens is 2. The topological polar surface area (TPSA) is 64.9 Å². The van der Waals surface area contributed by atoms with E-state index in [1.54, 1.807) is 30.3 Å². The molecule has 0 aliphatic rings. The van der Waals surface area contributed by atoms with Crippen LogP contribution in [-0.4, -0.2) is 10.1 Å². The maximum Gasteiger partial charge on any atom is 0.259 e. The fourth-order valence-electron chi connectivity index (χ4n) is 1.78. The van der Waals surface area contributed by atoms with Gasteiger partial charge in [0.1, 0.15) is 5.82 Å². The molecule has 3 aromatic rings. The number of hydrogen-bond acceptors (Lipinski definition) is 4. The quantitative estimate of drug-likeness (QED) is 0.722. The molecule has 100 valence electrons. The smallest absolute Gasteiger partial charge is 0.259 e. The Labute approximate surface area is 122 Å². The van der Waals surface area contributed by atoms with Gasteiger partial charge >= 0.3 is 0 Å². The van der Waals surface area contributed by atoms with Gasteiger partial charge in [-0.3, -0.25) is 0 Å². The molecule has 1 aromatic heterocycles. The van der Waals surface area contributed by atoms with Gasteiger partial charge in [-0.15, -0.1) is 0 Å². The Morgan fingerprint density at radius 1 is 1.15 bits per heavy atom. The molecule has 0 bridgehead atoms. The van der Waals surface area contributed by atoms with Crippen molar-refractivity contribution in [3.8, 4) is 22.8 Å². The van der Waals surface area contributed by atoms with Gasteiger partial charge in [0.25, 0.3) is 5.89 Å². The van der Waals surface area contributed by atoms with E-state index in [1.807, 2.05) is 0 Å². The standard InChI is InChI=1S/C14H9BrFN3O/c15-12-5-4-10(17)7-11(12)14-18-13(19-20-14)8-2-1-3-9(16)6-8/h1-7H,17H2. The summed E-state index contributed by atoms with van der Waals surface area (Å²) in [5.74, 6) is 0.302. The van der Waals surface area contributed by atoms with Crippen LogP contribution in [0.5, 0.6) is 0 Å². The summed E-state index contributed by atoms with van der Waals surface area (Å²) < 4.78 is 19.2. The Balaban J connectivity index is 2.04. The maximum absolute atomic E-state index is 13.2. The predicted molar refractivity (Wildman–Crippen MR) is 77.2 cm³/mol. The molecule has 2 N–H and O–H groups in total. The van der Waals surface area contributed by atoms with E-state index in [9.17, 15) is 4.39 Å². The normalized spacial score (nSPS) is 10.7. The molecule has 0 atom stereocenters. The van der Waals surface area contributed by atoms with Crippen molar-refractivity contribution in [2.24, 2.45) is 0 Å². The number of aromatic nitrogens is 2. The van der Waals surface area contributed by atoms with Crippen LogP contribution in [-0.2, 0) is 0 Å². The second kappa shape index (κ2) is 5.05. The summed E-state index contributed by atoms with van der Waals surface area (Å²) in [6, 6.07) is 11.3. The number of rotatable bonds is 2. The van der Waals surface area contributed by atoms with Crippen molar-refractivity contribution < 1.29 is 8.91 Å². The van der Waals surface area contributed by atoms with Gasteiger partial charge in [0.05, 0.1) is 5.56 Å². The van der Waals surface area contributed by atoms with E-state index >= 15 is 0 Å². The van der Waals surface area contributed by atoms with Crippen LogP contribution in [0.1, 0.15) is 0 Å². The van der Waals surface area contributed by atoms with Crippen LogP contribution >= 0.6 is 15.9 Å². The average molecular weight is 334 g/mol. The lowest BCUT2D eigenvalue weighted by atomic mass is 10.2. The SMILES string of the molecule is Nc1ccc(Br)c(-c2nc(-c3cccc(F)c3)no2)c1. The molecule has 0 unspecified atom stereocenters. The third-order valence-corrected chi connectivity index (χ3v) is 3.42. The summed E-state index contributed by atoms with van der Waals surface area (Å²) in [7, 11) is 0. The zero-order valence-corrected chi connectivity index (χ0v) is 11.8. The van der Waals surface area contributed by atoms with Crippen LogP contribution in [0.4, 0.5) is 10.1 Å². The minimum absolute atomic E-state index is 0.323. The van der Waals surface area contributed by atoms with Gasteiger partial charge in [-0.05, 0) is 46.3 Å². The van der Waals surface area contributed by atoms with E-state index in [2.05, 4.69) is 26.1 Å². The minimum atomic E-state index is -0.348. The highest BCUT2D eigenvalue weighted by Crippen LogP contribution is 2.30. The molecule has 0 saturated carbocycles. The molecule has 6 heteroatoms. The van der Waals surface area contributed by atoms with E-state index in [0.717, 1.165) is 4.47 Å². The molecular weight excluding hydrogens is 325 g/mol. The summed E-state index contributed by atoms with van der Waals surface area (Å²) >= 11 is 3.40. The molecule has 0 amide bonds. The van der Waals surface area contributed by atoms with E-state index in [0.29, 0.717) is 28.5 Å². The summed E-state index contributed by atoms with van der Waals surface area (Å²) in [4.78, 5) is 4.26. The first-order valence-corrected chi connectivity index (χ1v) is 6.58. The number of benzene rings is 2. The zero-order chi connectivity index (χ0) is 14.1. The highest BCUT2D eigenvalue weighted by molar-refractivity contribution is 9.10. The first-order valence-electron chi connectivity index (χ1n) is 5.78. The fraction of sp³-hybridized carbons (Fsp3) is 0. The Kier molecular flexibility index (Phi) is 3.23. The number of hydrogen-bond donors (Lipinski definition) is 1. The van der Waals surface area contributed by atoms with Crippen molar-refractivity contribution >= 4 is 21.6 Å². The summed E-state index contributed by atoms with van der Waals surface area (Å²) in [6.07, 6.45) is 0. The van der Waals surface area contributed by atoms with Crippen molar-refractivity contribution in [3.05, 3.63) is 52.8 Å². The first-order chi connectivity index (χ1) is 9.63. The fourth-order valence-corrected chi connectivity index (χ4v) is 2.20. The van der Waals surface area contributed by atoms with Crippen molar-refractivity contribution in [2.45, 2.75) is 0 Å². The molecule has 20 heavy (non-hydrogen) atoms. The van der Waals surface area contributed by atoms with Crippen molar-refractivity contribution in [1.82, 2.24) is 10.1 Å². The van der Waals surface area contributed by atoms with Crippen LogP contribution in [0, 0.1) is 5.82 Å². The lowest BCUT2D eigenvalue weighted by Crippen LogP contribution is -1.87. The Hall–Kier alpha value is -2.21. The monoisotopic (exact) mass is 333 g/mol. The van der Waals surface area contributed by atoms with Crippen LogP contribution in [0.3, 0.4) is 0 Å². The van der Waals surface area contributed by atoms with Gasteiger partial charge in [-0.2, -0.15) is 4.98 Å². The van der Waals surface area contributed by atoms with Gasteiger partial charge in [0.15, 0.2) is 0 Å². The average Bonchev–Trinajstić information content (AvgIpc) is 2.91. The molecule has 0 saturated heterocycles. The van der Waals surface area contributed by atoms with Crippen LogP contribution in [0.15, 0.2) is 51.5 Å². The summed E-state index contributed by atoms with van der Waals surface area (Å²) in [5.41, 5.74) is 7.58. The predicted octanol–water partition coefficient (Wildman–Crippen LogP) is 3.89. The molecular formula is C14H9BrFN3O. The molecule has 0 radical (unpaired) electrons. The number of nitrogens with two attached hydrogens (primary N) is 1. The molecule has 0 aliphatic carbocycles. The molecule has 3 rings (SSSR count). The molecule has 4 nitrogen and oxygen atoms in total. The summed E-state index contributed by atoms with van der Waals surface area (Å²) in [6.45, 7) is 0. The van der Waals surface area contributed by atoms with E-state index in [1.165, 1.54) is 12.1 Å². The van der Waals surface area contributed by atoms with Gasteiger partial charge in [-0.1, -0.05) is 17.3 Å². The number of anilines is 1. The largest absolute Gasteiger partial charge is 0.399 e. The Morgan fingerprint density at radius 3 is 2.80 bits per heavy atom. The van der Waals surface area contributed by atoms with E-state index in [4.69, 9.17) is 10.3 Å². The minimum Gasteiger partial charge on any atom is -0.399 e. The van der Waals surface area contributed by atoms with Crippen molar-refractivity contribution in [3.63, 3.8) is 0 Å². The van der Waals surface area contributed by atoms with E-state index < -0.39 is 0 Å². The van der Waals surface area contributed by atoms with E-state index in [-0.39, 0.29) is 5.82 Å². The van der Waals surface area contributed by atoms with Gasteiger partial charge in [0.2, 0.25) is 5.82 Å². The van der Waals surface area contributed by atoms with Crippen molar-refractivity contribution in [2.75, 3.05) is 5.73 Å². The highest BCUT2D eigenvalue weighted by Gasteiger charge is 2.13. The molecule has 2 aromatic carbocycles. The molecule has 1 heterocycles. The van der Waals surface area contributed by atoms with Gasteiger partial charge in [-0.25, -0.2) is 4.39 Å². The van der Waals surface area contributed by atoms with Crippen LogP contribution < -0.4 is 5.73 Å². The number of nitrogen functional groups attached to an aromatic ring is 1. The van der Waals surface area contributed by atoms with Crippen LogP contribution in [0.25, 0.3) is 22.8 Å². The Morgan fingerprint density at radius 2 is 2.00 bits per heavy atom. The summed E-state index contributed by atoms with van der Waals surface area (Å²) in [5, 5.41) is 3.86. The third-order valence-electron chi connectivity index (χ3n) is 2.73. The zero-order valence-electron chi connectivity index (χ0n) is 10.2. The van der Waals surface area contributed by atoms with Gasteiger partial charge in [0, 0.05) is 15.7 Å². The first kappa shape index (κ1) is 12.8. The van der Waals surface area contributed by atoms with Crippen molar-refractivity contribution in [1.29, 1.82) is 0 Å². The maximum atomic E-state index is 13.2. The second-order valence-corrected chi connectivity index (χ2v) is 5.03.